The molecule has 1 heterocycles. The molecule has 7 nitrogen and oxygen atoms in total. The van der Waals surface area contributed by atoms with Gasteiger partial charge in [0.2, 0.25) is 5.76 Å². The van der Waals surface area contributed by atoms with Crippen LogP contribution in [-0.4, -0.2) is 31.3 Å². The number of carboxylic acid groups (broad SMARTS) is 1. The minimum absolute atomic E-state index is 0.0165. The van der Waals surface area contributed by atoms with Gasteiger partial charge in [0.15, 0.2) is 5.43 Å². The molecule has 40 heavy (non-hydrogen) atoms. The van der Waals surface area contributed by atoms with Gasteiger partial charge in [0.25, 0.3) is 0 Å². The lowest BCUT2D eigenvalue weighted by atomic mass is 9.97. The molecule has 0 aliphatic carbocycles. The Balaban J connectivity index is 1.61. The largest absolute Gasteiger partial charge is 0.497 e. The Kier molecular flexibility index (Phi) is 8.20. The van der Waals surface area contributed by atoms with Crippen LogP contribution in [0.1, 0.15) is 45.8 Å². The molecule has 10 heteroatoms. The average Bonchev–Trinajstić information content (AvgIpc) is 2.92. The van der Waals surface area contributed by atoms with Crippen molar-refractivity contribution < 1.29 is 37.0 Å². The van der Waals surface area contributed by atoms with Crippen LogP contribution >= 0.6 is 0 Å². The van der Waals surface area contributed by atoms with Crippen molar-refractivity contribution in [3.05, 3.63) is 92.8 Å². The Labute approximate surface area is 228 Å². The van der Waals surface area contributed by atoms with Gasteiger partial charge in [-0.3, -0.25) is 4.79 Å². The number of carbonyl (C=O) groups is 1. The van der Waals surface area contributed by atoms with E-state index >= 15 is 0 Å². The van der Waals surface area contributed by atoms with Crippen molar-refractivity contribution in [3.8, 4) is 22.6 Å². The van der Waals surface area contributed by atoms with Gasteiger partial charge >= 0.3 is 12.1 Å². The fourth-order valence-corrected chi connectivity index (χ4v) is 4.42. The number of ether oxygens (including phenoxy) is 2. The first-order chi connectivity index (χ1) is 18.9. The normalized spacial score (nSPS) is 12.4. The molecule has 4 aromatic rings. The number of carboxylic acids is 1. The SMILES string of the molecule is COc1cccc([C@@H](C)NCCOc2cc(-c3cc(C)c4oc(C(=O)O)c(C)c(=O)c4c3)cc(C(F)(F)F)c2)c1. The highest BCUT2D eigenvalue weighted by Gasteiger charge is 2.32. The summed E-state index contributed by atoms with van der Waals surface area (Å²) in [7, 11) is 1.58. The minimum atomic E-state index is -4.63. The van der Waals surface area contributed by atoms with Crippen molar-refractivity contribution in [1.29, 1.82) is 0 Å². The summed E-state index contributed by atoms with van der Waals surface area (Å²) >= 11 is 0. The standard InChI is InChI=1S/C30H28F3NO6/c1-16-10-20(14-25-26(35)17(2)28(29(36)37)40-27(16)25)21-11-22(30(31,32)33)15-24(13-21)39-9-8-34-18(3)19-6-5-7-23(12-19)38-4/h5-7,10-15,18,34H,8-9H2,1-4H3,(H,36,37)/t18-/m1/s1. The van der Waals surface area contributed by atoms with Gasteiger partial charge in [-0.15, -0.1) is 0 Å². The third-order valence-electron chi connectivity index (χ3n) is 6.58. The average molecular weight is 556 g/mol. The quantitative estimate of drug-likeness (QED) is 0.227. The number of aromatic carboxylic acids is 1. The summed E-state index contributed by atoms with van der Waals surface area (Å²) in [5.41, 5.74) is 0.414. The van der Waals surface area contributed by atoms with E-state index < -0.39 is 28.9 Å². The highest BCUT2D eigenvalue weighted by atomic mass is 19.4. The first-order valence-corrected chi connectivity index (χ1v) is 12.4. The predicted molar refractivity (Wildman–Crippen MR) is 144 cm³/mol. The fourth-order valence-electron chi connectivity index (χ4n) is 4.42. The van der Waals surface area contributed by atoms with Gasteiger partial charge in [-0.1, -0.05) is 12.1 Å². The van der Waals surface area contributed by atoms with Crippen LogP contribution in [-0.2, 0) is 6.18 Å². The molecule has 0 bridgehead atoms. The molecule has 3 aromatic carbocycles. The van der Waals surface area contributed by atoms with E-state index in [1.54, 1.807) is 20.1 Å². The summed E-state index contributed by atoms with van der Waals surface area (Å²) in [6, 6.07) is 13.8. The molecule has 2 N–H and O–H groups in total. The van der Waals surface area contributed by atoms with Crippen molar-refractivity contribution >= 4 is 16.9 Å². The van der Waals surface area contributed by atoms with Crippen molar-refractivity contribution in [1.82, 2.24) is 5.32 Å². The minimum Gasteiger partial charge on any atom is -0.497 e. The first-order valence-electron chi connectivity index (χ1n) is 12.4. The van der Waals surface area contributed by atoms with E-state index in [1.165, 1.54) is 19.1 Å². The highest BCUT2D eigenvalue weighted by molar-refractivity contribution is 5.92. The van der Waals surface area contributed by atoms with Crippen LogP contribution < -0.4 is 20.2 Å². The molecule has 4 rings (SSSR count). The van der Waals surface area contributed by atoms with Crippen molar-refractivity contribution in [2.75, 3.05) is 20.3 Å². The molecule has 1 atom stereocenters. The first kappa shape index (κ1) is 28.7. The summed E-state index contributed by atoms with van der Waals surface area (Å²) in [6.07, 6.45) is -4.63. The third kappa shape index (κ3) is 6.12. The molecule has 0 fully saturated rings. The molecule has 0 saturated heterocycles. The summed E-state index contributed by atoms with van der Waals surface area (Å²) in [4.78, 5) is 24.4. The summed E-state index contributed by atoms with van der Waals surface area (Å²) in [5, 5.41) is 12.7. The van der Waals surface area contributed by atoms with Gasteiger partial charge in [0.1, 0.15) is 23.7 Å². The maximum Gasteiger partial charge on any atom is 0.416 e. The number of alkyl halides is 3. The van der Waals surface area contributed by atoms with E-state index in [0.717, 1.165) is 23.4 Å². The van der Waals surface area contributed by atoms with Crippen LogP contribution in [0.25, 0.3) is 22.1 Å². The number of hydrogen-bond acceptors (Lipinski definition) is 6. The van der Waals surface area contributed by atoms with Crippen LogP contribution in [0.15, 0.2) is 63.8 Å². The predicted octanol–water partition coefficient (Wildman–Crippen LogP) is 6.53. The number of methoxy groups -OCH3 is 1. The Morgan fingerprint density at radius 2 is 1.77 bits per heavy atom. The smallest absolute Gasteiger partial charge is 0.416 e. The zero-order chi connectivity index (χ0) is 29.2. The van der Waals surface area contributed by atoms with Crippen molar-refractivity contribution in [2.45, 2.75) is 33.0 Å². The molecule has 0 aliphatic heterocycles. The van der Waals surface area contributed by atoms with Crippen LogP contribution in [0.2, 0.25) is 0 Å². The second kappa shape index (κ2) is 11.4. The van der Waals surface area contributed by atoms with E-state index in [9.17, 15) is 27.9 Å². The van der Waals surface area contributed by atoms with E-state index in [0.29, 0.717) is 17.7 Å². The van der Waals surface area contributed by atoms with E-state index in [2.05, 4.69) is 5.32 Å². The van der Waals surface area contributed by atoms with Gasteiger partial charge in [0.05, 0.1) is 18.1 Å². The van der Waals surface area contributed by atoms with Gasteiger partial charge in [0, 0.05) is 18.2 Å². The number of halogens is 3. The topological polar surface area (TPSA) is 98.0 Å². The summed E-state index contributed by atoms with van der Waals surface area (Å²) < 4.78 is 57.8. The van der Waals surface area contributed by atoms with E-state index in [1.807, 2.05) is 31.2 Å². The number of rotatable bonds is 9. The summed E-state index contributed by atoms with van der Waals surface area (Å²) in [5.74, 6) is -1.12. The Hall–Kier alpha value is -4.31. The Morgan fingerprint density at radius 1 is 1.05 bits per heavy atom. The van der Waals surface area contributed by atoms with Crippen LogP contribution in [0.3, 0.4) is 0 Å². The monoisotopic (exact) mass is 555 g/mol. The molecule has 0 aliphatic rings. The molecule has 210 valence electrons. The molecule has 0 saturated carbocycles. The Morgan fingerprint density at radius 3 is 2.45 bits per heavy atom. The molecule has 0 unspecified atom stereocenters. The number of nitrogens with one attached hydrogen (secondary N) is 1. The van der Waals surface area contributed by atoms with Crippen LogP contribution in [0.5, 0.6) is 11.5 Å². The molecule has 0 radical (unpaired) electrons. The maximum atomic E-state index is 13.8. The second-order valence-corrected chi connectivity index (χ2v) is 9.41. The summed E-state index contributed by atoms with van der Waals surface area (Å²) in [6.45, 7) is 5.35. The number of benzene rings is 3. The molecular formula is C30H28F3NO6. The van der Waals surface area contributed by atoms with E-state index in [4.69, 9.17) is 13.9 Å². The zero-order valence-corrected chi connectivity index (χ0v) is 22.3. The van der Waals surface area contributed by atoms with Crippen LogP contribution in [0, 0.1) is 13.8 Å². The Bertz CT molecular complexity index is 1630. The molecule has 0 spiro atoms. The lowest BCUT2D eigenvalue weighted by Crippen LogP contribution is -2.24. The maximum absolute atomic E-state index is 13.8. The van der Waals surface area contributed by atoms with Crippen molar-refractivity contribution in [3.63, 3.8) is 0 Å². The lowest BCUT2D eigenvalue weighted by molar-refractivity contribution is -0.137. The van der Waals surface area contributed by atoms with Crippen LogP contribution in [0.4, 0.5) is 13.2 Å². The molecule has 1 aromatic heterocycles. The van der Waals surface area contributed by atoms with Gasteiger partial charge in [-0.05, 0) is 85.5 Å². The number of hydrogen-bond donors (Lipinski definition) is 2. The lowest BCUT2D eigenvalue weighted by Gasteiger charge is -2.17. The molecule has 0 amide bonds. The number of fused-ring (bicyclic) bond motifs is 1. The van der Waals surface area contributed by atoms with Gasteiger partial charge in [-0.2, -0.15) is 13.2 Å². The highest BCUT2D eigenvalue weighted by Crippen LogP contribution is 2.37. The van der Waals surface area contributed by atoms with Crippen molar-refractivity contribution in [2.24, 2.45) is 0 Å². The number of aryl methyl sites for hydroxylation is 1. The van der Waals surface area contributed by atoms with E-state index in [-0.39, 0.29) is 40.5 Å². The molecular weight excluding hydrogens is 527 g/mol. The zero-order valence-electron chi connectivity index (χ0n) is 22.3. The fraction of sp³-hybridized carbons (Fsp3) is 0.267. The second-order valence-electron chi connectivity index (χ2n) is 9.41. The van der Waals surface area contributed by atoms with Gasteiger partial charge < -0.3 is 24.3 Å². The van der Waals surface area contributed by atoms with Gasteiger partial charge in [-0.25, -0.2) is 4.79 Å². The third-order valence-corrected chi connectivity index (χ3v) is 6.58.